The zero-order chi connectivity index (χ0) is 14.4. The van der Waals surface area contributed by atoms with Gasteiger partial charge in [0.1, 0.15) is 5.75 Å². The molecule has 118 valence electrons. The molecule has 0 bridgehead atoms. The van der Waals surface area contributed by atoms with E-state index in [1.807, 2.05) is 19.1 Å². The number of methoxy groups -OCH3 is 1. The van der Waals surface area contributed by atoms with Crippen LogP contribution in [0.3, 0.4) is 0 Å². The lowest BCUT2D eigenvalue weighted by atomic mass is 10.1. The Morgan fingerprint density at radius 3 is 2.81 bits per heavy atom. The van der Waals surface area contributed by atoms with Gasteiger partial charge in [-0.15, -0.1) is 12.4 Å². The molecule has 1 amide bonds. The summed E-state index contributed by atoms with van der Waals surface area (Å²) in [5.74, 6) is 1.78. The predicted octanol–water partition coefficient (Wildman–Crippen LogP) is 2.08. The molecule has 5 heteroatoms. The van der Waals surface area contributed by atoms with Gasteiger partial charge in [-0.1, -0.05) is 12.1 Å². The van der Waals surface area contributed by atoms with E-state index >= 15 is 0 Å². The van der Waals surface area contributed by atoms with Gasteiger partial charge in [-0.05, 0) is 55.8 Å². The van der Waals surface area contributed by atoms with Crippen LogP contribution in [-0.2, 0) is 11.2 Å². The minimum Gasteiger partial charge on any atom is -0.496 e. The van der Waals surface area contributed by atoms with Gasteiger partial charge in [0.2, 0.25) is 5.91 Å². The summed E-state index contributed by atoms with van der Waals surface area (Å²) >= 11 is 0. The van der Waals surface area contributed by atoms with E-state index in [-0.39, 0.29) is 18.3 Å². The molecule has 1 aromatic rings. The van der Waals surface area contributed by atoms with Gasteiger partial charge in [0.25, 0.3) is 0 Å². The molecule has 2 rings (SSSR count). The van der Waals surface area contributed by atoms with Gasteiger partial charge < -0.3 is 15.4 Å². The maximum Gasteiger partial charge on any atom is 0.233 e. The molecular weight excluding hydrogens is 288 g/mol. The predicted molar refractivity (Wildman–Crippen MR) is 87.3 cm³/mol. The smallest absolute Gasteiger partial charge is 0.233 e. The van der Waals surface area contributed by atoms with Crippen LogP contribution in [0.4, 0.5) is 0 Å². The third-order valence-corrected chi connectivity index (χ3v) is 3.62. The van der Waals surface area contributed by atoms with Crippen LogP contribution in [0.2, 0.25) is 0 Å². The SMILES string of the molecule is COc1cc(CCNC(=O)CNCC2CC2)ccc1C.Cl. The standard InChI is InChI=1S/C16H24N2O2.ClH/c1-12-3-4-13(9-15(12)20-2)7-8-18-16(19)11-17-10-14-5-6-14;/h3-4,9,14,17H,5-8,10-11H2,1-2H3,(H,18,19);1H. The van der Waals surface area contributed by atoms with Crippen molar-refractivity contribution in [3.63, 3.8) is 0 Å². The van der Waals surface area contributed by atoms with E-state index in [1.165, 1.54) is 18.4 Å². The van der Waals surface area contributed by atoms with Crippen LogP contribution >= 0.6 is 12.4 Å². The second-order valence-corrected chi connectivity index (χ2v) is 5.48. The zero-order valence-corrected chi connectivity index (χ0v) is 13.6. The van der Waals surface area contributed by atoms with E-state index in [4.69, 9.17) is 4.74 Å². The largest absolute Gasteiger partial charge is 0.496 e. The van der Waals surface area contributed by atoms with Gasteiger partial charge in [-0.2, -0.15) is 0 Å². The molecule has 1 aliphatic carbocycles. The molecule has 0 aromatic heterocycles. The molecule has 0 radical (unpaired) electrons. The van der Waals surface area contributed by atoms with Crippen LogP contribution < -0.4 is 15.4 Å². The summed E-state index contributed by atoms with van der Waals surface area (Å²) in [5, 5.41) is 6.12. The first-order valence-electron chi connectivity index (χ1n) is 7.30. The quantitative estimate of drug-likeness (QED) is 0.773. The number of ether oxygens (including phenoxy) is 1. The molecule has 0 unspecified atom stereocenters. The van der Waals surface area contributed by atoms with Crippen LogP contribution in [0, 0.1) is 12.8 Å². The molecule has 0 atom stereocenters. The monoisotopic (exact) mass is 312 g/mol. The van der Waals surface area contributed by atoms with Crippen molar-refractivity contribution in [1.82, 2.24) is 10.6 Å². The molecule has 21 heavy (non-hydrogen) atoms. The van der Waals surface area contributed by atoms with Gasteiger partial charge in [0.15, 0.2) is 0 Å². The molecular formula is C16H25ClN2O2. The zero-order valence-electron chi connectivity index (χ0n) is 12.8. The highest BCUT2D eigenvalue weighted by molar-refractivity contribution is 5.85. The fourth-order valence-corrected chi connectivity index (χ4v) is 2.14. The van der Waals surface area contributed by atoms with E-state index in [1.54, 1.807) is 7.11 Å². The van der Waals surface area contributed by atoms with Crippen molar-refractivity contribution >= 4 is 18.3 Å². The molecule has 1 fully saturated rings. The van der Waals surface area contributed by atoms with Crippen LogP contribution in [0.5, 0.6) is 5.75 Å². The fraction of sp³-hybridized carbons (Fsp3) is 0.562. The first-order valence-corrected chi connectivity index (χ1v) is 7.30. The fourth-order valence-electron chi connectivity index (χ4n) is 2.14. The number of carbonyl (C=O) groups excluding carboxylic acids is 1. The second-order valence-electron chi connectivity index (χ2n) is 5.48. The van der Waals surface area contributed by atoms with Gasteiger partial charge in [-0.25, -0.2) is 0 Å². The van der Waals surface area contributed by atoms with E-state index < -0.39 is 0 Å². The van der Waals surface area contributed by atoms with Crippen molar-refractivity contribution in [2.75, 3.05) is 26.7 Å². The van der Waals surface area contributed by atoms with E-state index in [9.17, 15) is 4.79 Å². The van der Waals surface area contributed by atoms with Crippen molar-refractivity contribution in [2.24, 2.45) is 5.92 Å². The summed E-state index contributed by atoms with van der Waals surface area (Å²) in [4.78, 5) is 11.6. The lowest BCUT2D eigenvalue weighted by Crippen LogP contribution is -2.35. The molecule has 0 heterocycles. The molecule has 2 N–H and O–H groups in total. The van der Waals surface area contributed by atoms with Crippen molar-refractivity contribution in [2.45, 2.75) is 26.2 Å². The number of benzene rings is 1. The third kappa shape index (κ3) is 6.36. The minimum atomic E-state index is 0. The number of halogens is 1. The number of amides is 1. The van der Waals surface area contributed by atoms with Crippen molar-refractivity contribution in [3.8, 4) is 5.75 Å². The van der Waals surface area contributed by atoms with Crippen molar-refractivity contribution in [3.05, 3.63) is 29.3 Å². The van der Waals surface area contributed by atoms with Gasteiger partial charge in [0, 0.05) is 6.54 Å². The molecule has 1 saturated carbocycles. The molecule has 0 spiro atoms. The lowest BCUT2D eigenvalue weighted by molar-refractivity contribution is -0.120. The highest BCUT2D eigenvalue weighted by Gasteiger charge is 2.20. The number of rotatable bonds is 8. The molecule has 0 aliphatic heterocycles. The highest BCUT2D eigenvalue weighted by atomic mass is 35.5. The summed E-state index contributed by atoms with van der Waals surface area (Å²) in [6.45, 7) is 4.09. The second kappa shape index (κ2) is 8.90. The molecule has 1 aliphatic rings. The average molecular weight is 313 g/mol. The highest BCUT2D eigenvalue weighted by Crippen LogP contribution is 2.27. The van der Waals surface area contributed by atoms with E-state index in [0.29, 0.717) is 13.1 Å². The van der Waals surface area contributed by atoms with Crippen molar-refractivity contribution < 1.29 is 9.53 Å². The first-order chi connectivity index (χ1) is 9.69. The number of aryl methyl sites for hydroxylation is 1. The Morgan fingerprint density at radius 1 is 1.38 bits per heavy atom. The van der Waals surface area contributed by atoms with Crippen LogP contribution in [0.15, 0.2) is 18.2 Å². The average Bonchev–Trinajstić information content (AvgIpc) is 3.25. The van der Waals surface area contributed by atoms with E-state index in [2.05, 4.69) is 16.7 Å². The number of nitrogens with one attached hydrogen (secondary N) is 2. The van der Waals surface area contributed by atoms with Crippen LogP contribution in [0.1, 0.15) is 24.0 Å². The Hall–Kier alpha value is -1.26. The Morgan fingerprint density at radius 2 is 2.14 bits per heavy atom. The molecule has 1 aromatic carbocycles. The summed E-state index contributed by atoms with van der Waals surface area (Å²) in [5.41, 5.74) is 2.31. The normalized spacial score (nSPS) is 13.4. The third-order valence-electron chi connectivity index (χ3n) is 3.62. The maximum absolute atomic E-state index is 11.6. The maximum atomic E-state index is 11.6. The topological polar surface area (TPSA) is 50.4 Å². The van der Waals surface area contributed by atoms with Crippen molar-refractivity contribution in [1.29, 1.82) is 0 Å². The number of carbonyl (C=O) groups is 1. The summed E-state index contributed by atoms with van der Waals surface area (Å²) in [7, 11) is 1.68. The Kier molecular flexibility index (Phi) is 7.54. The Balaban J connectivity index is 0.00000220. The lowest BCUT2D eigenvalue weighted by Gasteiger charge is -2.09. The van der Waals surface area contributed by atoms with E-state index in [0.717, 1.165) is 30.2 Å². The first kappa shape index (κ1) is 17.8. The summed E-state index contributed by atoms with van der Waals surface area (Å²) in [6, 6.07) is 6.16. The summed E-state index contributed by atoms with van der Waals surface area (Å²) < 4.78 is 5.30. The van der Waals surface area contributed by atoms with Gasteiger partial charge in [0.05, 0.1) is 13.7 Å². The molecule has 4 nitrogen and oxygen atoms in total. The molecule has 0 saturated heterocycles. The van der Waals surface area contributed by atoms with Gasteiger partial charge >= 0.3 is 0 Å². The Labute approximate surface area is 133 Å². The Bertz CT molecular complexity index is 462. The van der Waals surface area contributed by atoms with Crippen LogP contribution in [-0.4, -0.2) is 32.7 Å². The number of hydrogen-bond acceptors (Lipinski definition) is 3. The summed E-state index contributed by atoms with van der Waals surface area (Å²) in [6.07, 6.45) is 3.44. The van der Waals surface area contributed by atoms with Gasteiger partial charge in [-0.3, -0.25) is 4.79 Å². The number of hydrogen-bond donors (Lipinski definition) is 2. The van der Waals surface area contributed by atoms with Crippen LogP contribution in [0.25, 0.3) is 0 Å². The minimum absolute atomic E-state index is 0.